The van der Waals surface area contributed by atoms with Crippen LogP contribution in [0.25, 0.3) is 0 Å². The van der Waals surface area contributed by atoms with E-state index in [9.17, 15) is 9.59 Å². The van der Waals surface area contributed by atoms with Gasteiger partial charge in [-0.1, -0.05) is 48.5 Å². The standard InChI is InChI=1S/C21H24N2O2S/c1-26-15-17-14-23(13-16-8-4-2-5-9-16)21(25)19(17)12-20(24)22-18-10-6-3-7-11-18/h2-11,17,19H,12-15H2,1H3,(H,22,24)/t17-,19-/m1/s1. The first-order chi connectivity index (χ1) is 12.7. The Balaban J connectivity index is 1.65. The molecule has 1 aliphatic heterocycles. The predicted molar refractivity (Wildman–Crippen MR) is 107 cm³/mol. The number of rotatable bonds is 7. The van der Waals surface area contributed by atoms with Crippen LogP contribution in [0.15, 0.2) is 60.7 Å². The van der Waals surface area contributed by atoms with Crippen molar-refractivity contribution in [2.75, 3.05) is 23.9 Å². The third-order valence-corrected chi connectivity index (χ3v) is 5.47. The van der Waals surface area contributed by atoms with Crippen molar-refractivity contribution in [3.63, 3.8) is 0 Å². The Bertz CT molecular complexity index is 736. The van der Waals surface area contributed by atoms with Crippen molar-refractivity contribution in [1.82, 2.24) is 4.90 Å². The largest absolute Gasteiger partial charge is 0.338 e. The van der Waals surface area contributed by atoms with Gasteiger partial charge >= 0.3 is 0 Å². The Morgan fingerprint density at radius 3 is 2.42 bits per heavy atom. The van der Waals surface area contributed by atoms with Crippen LogP contribution in [0.2, 0.25) is 0 Å². The van der Waals surface area contributed by atoms with Crippen molar-refractivity contribution in [1.29, 1.82) is 0 Å². The number of amides is 2. The summed E-state index contributed by atoms with van der Waals surface area (Å²) >= 11 is 1.73. The number of nitrogens with zero attached hydrogens (tertiary/aromatic N) is 1. The summed E-state index contributed by atoms with van der Waals surface area (Å²) in [6.07, 6.45) is 2.29. The van der Waals surface area contributed by atoms with E-state index in [1.807, 2.05) is 71.8 Å². The highest BCUT2D eigenvalue weighted by Gasteiger charge is 2.40. The number of likely N-dealkylation sites (tertiary alicyclic amines) is 1. The third kappa shape index (κ3) is 4.67. The van der Waals surface area contributed by atoms with E-state index >= 15 is 0 Å². The molecule has 0 radical (unpaired) electrons. The first kappa shape index (κ1) is 18.5. The fourth-order valence-electron chi connectivity index (χ4n) is 3.45. The molecule has 0 spiro atoms. The molecule has 1 N–H and O–H groups in total. The maximum Gasteiger partial charge on any atom is 0.226 e. The highest BCUT2D eigenvalue weighted by atomic mass is 32.2. The second kappa shape index (κ2) is 8.90. The van der Waals surface area contributed by atoms with E-state index in [2.05, 4.69) is 5.32 Å². The topological polar surface area (TPSA) is 49.4 Å². The van der Waals surface area contributed by atoms with Crippen LogP contribution >= 0.6 is 11.8 Å². The van der Waals surface area contributed by atoms with Gasteiger partial charge in [-0.05, 0) is 35.6 Å². The van der Waals surface area contributed by atoms with E-state index < -0.39 is 0 Å². The summed E-state index contributed by atoms with van der Waals surface area (Å²) in [4.78, 5) is 27.3. The lowest BCUT2D eigenvalue weighted by atomic mass is 9.93. The highest BCUT2D eigenvalue weighted by molar-refractivity contribution is 7.98. The van der Waals surface area contributed by atoms with Crippen molar-refractivity contribution in [2.45, 2.75) is 13.0 Å². The van der Waals surface area contributed by atoms with Gasteiger partial charge in [0.15, 0.2) is 0 Å². The van der Waals surface area contributed by atoms with Gasteiger partial charge in [-0.3, -0.25) is 9.59 Å². The number of nitrogens with one attached hydrogen (secondary N) is 1. The van der Waals surface area contributed by atoms with Crippen LogP contribution in [0, 0.1) is 11.8 Å². The summed E-state index contributed by atoms with van der Waals surface area (Å²) < 4.78 is 0. The number of hydrogen-bond donors (Lipinski definition) is 1. The molecule has 1 saturated heterocycles. The minimum absolute atomic E-state index is 0.0936. The Morgan fingerprint density at radius 1 is 1.12 bits per heavy atom. The van der Waals surface area contributed by atoms with Gasteiger partial charge in [0.05, 0.1) is 5.92 Å². The first-order valence-corrected chi connectivity index (χ1v) is 10.2. The molecule has 4 nitrogen and oxygen atoms in total. The lowest BCUT2D eigenvalue weighted by Gasteiger charge is -2.16. The smallest absolute Gasteiger partial charge is 0.226 e. The number of hydrogen-bond acceptors (Lipinski definition) is 3. The number of carbonyl (C=O) groups excluding carboxylic acids is 2. The Kier molecular flexibility index (Phi) is 6.34. The van der Waals surface area contributed by atoms with Gasteiger partial charge < -0.3 is 10.2 Å². The molecule has 0 saturated carbocycles. The van der Waals surface area contributed by atoms with Crippen LogP contribution in [-0.2, 0) is 16.1 Å². The number of benzene rings is 2. The molecule has 26 heavy (non-hydrogen) atoms. The molecule has 0 bridgehead atoms. The zero-order valence-corrected chi connectivity index (χ0v) is 15.7. The fourth-order valence-corrected chi connectivity index (χ4v) is 4.22. The molecule has 2 aromatic carbocycles. The lowest BCUT2D eigenvalue weighted by molar-refractivity contribution is -0.133. The number of anilines is 1. The summed E-state index contributed by atoms with van der Waals surface area (Å²) in [7, 11) is 0. The monoisotopic (exact) mass is 368 g/mol. The molecule has 3 rings (SSSR count). The molecular formula is C21H24N2O2S. The molecule has 0 aromatic heterocycles. The first-order valence-electron chi connectivity index (χ1n) is 8.84. The zero-order valence-electron chi connectivity index (χ0n) is 14.9. The number of carbonyl (C=O) groups is 2. The van der Waals surface area contributed by atoms with E-state index in [-0.39, 0.29) is 30.1 Å². The molecule has 1 aliphatic rings. The van der Waals surface area contributed by atoms with E-state index in [1.165, 1.54) is 0 Å². The van der Waals surface area contributed by atoms with Gasteiger partial charge in [0.1, 0.15) is 0 Å². The molecule has 2 aromatic rings. The van der Waals surface area contributed by atoms with E-state index in [0.717, 1.165) is 23.5 Å². The van der Waals surface area contributed by atoms with Crippen LogP contribution in [0.4, 0.5) is 5.69 Å². The van der Waals surface area contributed by atoms with Gasteiger partial charge in [0.2, 0.25) is 11.8 Å². The molecule has 0 unspecified atom stereocenters. The van der Waals surface area contributed by atoms with Crippen molar-refractivity contribution in [3.05, 3.63) is 66.2 Å². The van der Waals surface area contributed by atoms with Gasteiger partial charge in [0, 0.05) is 25.2 Å². The molecule has 136 valence electrons. The summed E-state index contributed by atoms with van der Waals surface area (Å²) in [5.74, 6) is 0.858. The van der Waals surface area contributed by atoms with Crippen LogP contribution in [0.5, 0.6) is 0 Å². The van der Waals surface area contributed by atoms with Crippen LogP contribution in [-0.4, -0.2) is 35.3 Å². The van der Waals surface area contributed by atoms with E-state index in [0.29, 0.717) is 6.54 Å². The molecule has 0 aliphatic carbocycles. The maximum atomic E-state index is 12.9. The van der Waals surface area contributed by atoms with Crippen LogP contribution in [0.3, 0.4) is 0 Å². The minimum Gasteiger partial charge on any atom is -0.338 e. The van der Waals surface area contributed by atoms with Crippen LogP contribution < -0.4 is 5.32 Å². The second-order valence-corrected chi connectivity index (χ2v) is 7.56. The molecule has 1 fully saturated rings. The van der Waals surface area contributed by atoms with E-state index in [1.54, 1.807) is 11.8 Å². The average Bonchev–Trinajstić information content (AvgIpc) is 2.92. The molecule has 1 heterocycles. The third-order valence-electron chi connectivity index (χ3n) is 4.71. The summed E-state index contributed by atoms with van der Waals surface area (Å²) in [5, 5.41) is 2.90. The number of thioether (sulfide) groups is 1. The minimum atomic E-state index is -0.241. The Morgan fingerprint density at radius 2 is 1.77 bits per heavy atom. The van der Waals surface area contributed by atoms with E-state index in [4.69, 9.17) is 0 Å². The quantitative estimate of drug-likeness (QED) is 0.811. The molecular weight excluding hydrogens is 344 g/mol. The summed E-state index contributed by atoms with van der Waals surface area (Å²) in [6.45, 7) is 1.33. The van der Waals surface area contributed by atoms with Crippen molar-refractivity contribution >= 4 is 29.3 Å². The molecule has 2 amide bonds. The normalized spacial score (nSPS) is 19.6. The van der Waals surface area contributed by atoms with Gasteiger partial charge in [-0.25, -0.2) is 0 Å². The van der Waals surface area contributed by atoms with Crippen molar-refractivity contribution in [3.8, 4) is 0 Å². The second-order valence-electron chi connectivity index (χ2n) is 6.64. The van der Waals surface area contributed by atoms with Crippen molar-refractivity contribution < 1.29 is 9.59 Å². The predicted octanol–water partition coefficient (Wildman–Crippen LogP) is 3.65. The van der Waals surface area contributed by atoms with Crippen LogP contribution in [0.1, 0.15) is 12.0 Å². The summed E-state index contributed by atoms with van der Waals surface area (Å²) in [5.41, 5.74) is 1.89. The SMILES string of the molecule is CSC[C@H]1CN(Cc2ccccc2)C(=O)[C@@H]1CC(=O)Nc1ccccc1. The molecule has 5 heteroatoms. The highest BCUT2D eigenvalue weighted by Crippen LogP contribution is 2.31. The zero-order chi connectivity index (χ0) is 18.4. The maximum absolute atomic E-state index is 12.9. The van der Waals surface area contributed by atoms with Gasteiger partial charge in [0.25, 0.3) is 0 Å². The lowest BCUT2D eigenvalue weighted by Crippen LogP contribution is -2.29. The summed E-state index contributed by atoms with van der Waals surface area (Å²) in [6, 6.07) is 19.4. The number of para-hydroxylation sites is 1. The fraction of sp³-hybridized carbons (Fsp3) is 0.333. The Labute approximate surface area is 159 Å². The van der Waals surface area contributed by atoms with Gasteiger partial charge in [-0.2, -0.15) is 11.8 Å². The molecule has 2 atom stereocenters. The van der Waals surface area contributed by atoms with Crippen molar-refractivity contribution in [2.24, 2.45) is 11.8 Å². The average molecular weight is 369 g/mol. The van der Waals surface area contributed by atoms with Gasteiger partial charge in [-0.15, -0.1) is 0 Å². The Hall–Kier alpha value is -2.27.